The first kappa shape index (κ1) is 38.1. The molecule has 0 aromatic rings. The highest BCUT2D eigenvalue weighted by atomic mass is 16.7. The van der Waals surface area contributed by atoms with Crippen LogP contribution in [0, 0.1) is 46.3 Å². The SMILES string of the molecule is C=C1/C(=C\C=C2/CCC[C@@]3(C)C2CCC3[C@@H](C)/C=C/[C@@H](O)C2CC2)C[C@@H](O)C[C@@H]1O.CC(C)[C@]12O[C@H]1[C@@H]1O[C@]13[C@]1(O[C@H]1C[C@H]1C4=C(CC[C@@]13C)C(=O)OC4)[C@@H]2O. The van der Waals surface area contributed by atoms with Gasteiger partial charge in [-0.25, -0.2) is 4.79 Å². The van der Waals surface area contributed by atoms with Gasteiger partial charge in [0, 0.05) is 17.4 Å². The van der Waals surface area contributed by atoms with Crippen molar-refractivity contribution in [2.75, 3.05) is 6.61 Å². The molecule has 2 spiro atoms. The van der Waals surface area contributed by atoms with Crippen LogP contribution < -0.4 is 0 Å². The lowest BCUT2D eigenvalue weighted by atomic mass is 9.46. The molecule has 6 saturated carbocycles. The number of hydrogen-bond donors (Lipinski definition) is 4. The van der Waals surface area contributed by atoms with Crippen LogP contribution in [0.4, 0.5) is 0 Å². The normalized spacial score (nSPS) is 51.9. The van der Waals surface area contributed by atoms with E-state index in [-0.39, 0.29) is 47.6 Å². The molecule has 56 heavy (non-hydrogen) atoms. The number of hydrogen-bond acceptors (Lipinski definition) is 9. The Morgan fingerprint density at radius 3 is 2.43 bits per heavy atom. The number of esters is 1. The summed E-state index contributed by atoms with van der Waals surface area (Å²) >= 11 is 0. The highest BCUT2D eigenvalue weighted by molar-refractivity contribution is 5.92. The molecule has 11 rings (SSSR count). The minimum Gasteiger partial charge on any atom is -0.458 e. The Labute approximate surface area is 332 Å². The van der Waals surface area contributed by atoms with Crippen molar-refractivity contribution < 1.29 is 44.2 Å². The molecule has 0 aromatic heterocycles. The summed E-state index contributed by atoms with van der Waals surface area (Å²) < 4.78 is 24.3. The fourth-order valence-corrected chi connectivity index (χ4v) is 14.3. The van der Waals surface area contributed by atoms with Gasteiger partial charge in [0.05, 0.1) is 24.4 Å². The van der Waals surface area contributed by atoms with Gasteiger partial charge in [0.15, 0.2) is 5.60 Å². The van der Waals surface area contributed by atoms with Gasteiger partial charge in [-0.3, -0.25) is 0 Å². The van der Waals surface area contributed by atoms with E-state index in [4.69, 9.17) is 18.9 Å². The molecule has 9 nitrogen and oxygen atoms in total. The lowest BCUT2D eigenvalue weighted by Gasteiger charge is -2.53. The standard InChI is InChI=1S/C27H40O3.C20H24O6/c1-17(6-13-25(29)20-8-9-20)23-11-12-24-19(5-4-14-27(23,24)3)7-10-21-15-22(28)16-26(30)18(21)2;1-8(2)18-13(25-18)14-20(26-14)17(3)5-4-9-10(7-23-15(9)21)11(17)6-12-19(20,24-12)16(18)22/h6-7,10,13,17,20,22-26,28-30H,2,4-5,8-9,11-12,14-16H2,1,3H3;8,11-14,16,22H,4-7H2,1-3H3/b13-6+,19-7+,21-10-;/t17-,22+,23?,24?,25+,26-,27+;11-,12-,13-,14-,16+,17-,18-,19+,20+/m00/s1. The molecule has 16 atom stereocenters. The number of allylic oxidation sites excluding steroid dienone is 4. The Balaban J connectivity index is 0.000000138. The quantitative estimate of drug-likeness (QED) is 0.141. The van der Waals surface area contributed by atoms with E-state index < -0.39 is 35.1 Å². The van der Waals surface area contributed by atoms with Gasteiger partial charge < -0.3 is 39.4 Å². The molecule has 3 saturated heterocycles. The summed E-state index contributed by atoms with van der Waals surface area (Å²) in [5.41, 5.74) is 3.86. The second-order valence-electron chi connectivity index (χ2n) is 20.6. The van der Waals surface area contributed by atoms with Gasteiger partial charge in [-0.15, -0.1) is 0 Å². The van der Waals surface area contributed by atoms with Gasteiger partial charge in [0.25, 0.3) is 0 Å². The Morgan fingerprint density at radius 1 is 0.893 bits per heavy atom. The number of aliphatic hydroxyl groups is 4. The van der Waals surface area contributed by atoms with E-state index in [2.05, 4.69) is 65.5 Å². The molecule has 9 fully saturated rings. The minimum absolute atomic E-state index is 0.00808. The zero-order valence-corrected chi connectivity index (χ0v) is 34.0. The van der Waals surface area contributed by atoms with E-state index in [9.17, 15) is 25.2 Å². The molecule has 306 valence electrons. The van der Waals surface area contributed by atoms with Crippen molar-refractivity contribution in [3.05, 3.63) is 58.7 Å². The van der Waals surface area contributed by atoms with E-state index in [0.717, 1.165) is 48.0 Å². The van der Waals surface area contributed by atoms with Crippen molar-refractivity contribution in [2.24, 2.45) is 46.3 Å². The van der Waals surface area contributed by atoms with Crippen LogP contribution in [0.1, 0.15) is 112 Å². The Morgan fingerprint density at radius 2 is 1.68 bits per heavy atom. The Hall–Kier alpha value is -2.11. The van der Waals surface area contributed by atoms with Crippen LogP contribution in [0.2, 0.25) is 0 Å². The first-order valence-corrected chi connectivity index (χ1v) is 22.1. The molecule has 0 radical (unpaired) electrons. The van der Waals surface area contributed by atoms with E-state index in [1.165, 1.54) is 44.1 Å². The number of aliphatic hydroxyl groups excluding tert-OH is 4. The predicted octanol–water partition coefficient (Wildman–Crippen LogP) is 6.19. The molecule has 2 unspecified atom stereocenters. The van der Waals surface area contributed by atoms with Crippen molar-refractivity contribution in [1.29, 1.82) is 0 Å². The van der Waals surface area contributed by atoms with Gasteiger partial charge in [0.2, 0.25) is 0 Å². The molecule has 11 aliphatic rings. The minimum atomic E-state index is -0.654. The van der Waals surface area contributed by atoms with Crippen LogP contribution in [0.5, 0.6) is 0 Å². The molecule has 0 amide bonds. The number of carbonyl (C=O) groups excluding carboxylic acids is 1. The van der Waals surface area contributed by atoms with Crippen molar-refractivity contribution in [3.63, 3.8) is 0 Å². The summed E-state index contributed by atoms with van der Waals surface area (Å²) in [5.74, 6) is 2.57. The van der Waals surface area contributed by atoms with Gasteiger partial charge in [-0.2, -0.15) is 0 Å². The first-order chi connectivity index (χ1) is 26.6. The van der Waals surface area contributed by atoms with E-state index in [0.29, 0.717) is 48.5 Å². The largest absolute Gasteiger partial charge is 0.458 e. The molecular weight excluding hydrogens is 709 g/mol. The van der Waals surface area contributed by atoms with Crippen LogP contribution in [0.25, 0.3) is 0 Å². The maximum Gasteiger partial charge on any atom is 0.334 e. The predicted molar refractivity (Wildman–Crippen MR) is 209 cm³/mol. The summed E-state index contributed by atoms with van der Waals surface area (Å²) in [5, 5.41) is 41.8. The highest BCUT2D eigenvalue weighted by Crippen LogP contribution is 2.83. The highest BCUT2D eigenvalue weighted by Gasteiger charge is 3.00. The topological polar surface area (TPSA) is 145 Å². The van der Waals surface area contributed by atoms with E-state index >= 15 is 0 Å². The van der Waals surface area contributed by atoms with Crippen molar-refractivity contribution in [3.8, 4) is 0 Å². The molecule has 0 bridgehead atoms. The second-order valence-corrected chi connectivity index (χ2v) is 20.6. The second kappa shape index (κ2) is 12.7. The van der Waals surface area contributed by atoms with Crippen molar-refractivity contribution in [1.82, 2.24) is 0 Å². The molecular formula is C47H64O9. The molecule has 4 aliphatic heterocycles. The molecule has 0 aromatic carbocycles. The average molecular weight is 773 g/mol. The Bertz CT molecular complexity index is 1820. The first-order valence-electron chi connectivity index (χ1n) is 22.1. The van der Waals surface area contributed by atoms with Crippen LogP contribution >= 0.6 is 0 Å². The number of fused-ring (bicyclic) bond motifs is 5. The summed E-state index contributed by atoms with van der Waals surface area (Å²) in [7, 11) is 0. The number of carbonyl (C=O) groups is 1. The average Bonchev–Trinajstić information content (AvgIpc) is 4.00. The third-order valence-corrected chi connectivity index (χ3v) is 17.8. The lowest BCUT2D eigenvalue weighted by Crippen LogP contribution is -2.69. The monoisotopic (exact) mass is 772 g/mol. The van der Waals surface area contributed by atoms with Gasteiger partial charge in [-0.1, -0.05) is 71.1 Å². The lowest BCUT2D eigenvalue weighted by molar-refractivity contribution is -0.136. The van der Waals surface area contributed by atoms with E-state index in [1.807, 2.05) is 0 Å². The molecule has 4 heterocycles. The molecule has 9 heteroatoms. The number of cyclic esters (lactones) is 1. The summed E-state index contributed by atoms with van der Waals surface area (Å²) in [4.78, 5) is 12.1. The van der Waals surface area contributed by atoms with E-state index in [1.54, 1.807) is 0 Å². The van der Waals surface area contributed by atoms with Crippen molar-refractivity contribution in [2.45, 2.75) is 171 Å². The third kappa shape index (κ3) is 5.06. The fraction of sp³-hybridized carbons (Fsp3) is 0.766. The van der Waals surface area contributed by atoms with Crippen LogP contribution in [0.3, 0.4) is 0 Å². The zero-order chi connectivity index (χ0) is 39.3. The Kier molecular flexibility index (Phi) is 8.64. The fourth-order valence-electron chi connectivity index (χ4n) is 14.3. The third-order valence-electron chi connectivity index (χ3n) is 17.8. The van der Waals surface area contributed by atoms with Crippen LogP contribution in [-0.4, -0.2) is 92.5 Å². The number of ether oxygens (including phenoxy) is 4. The zero-order valence-electron chi connectivity index (χ0n) is 34.0. The summed E-state index contributed by atoms with van der Waals surface area (Å²) in [6, 6.07) is 0. The van der Waals surface area contributed by atoms with Gasteiger partial charge in [-0.05, 0) is 128 Å². The molecule has 7 aliphatic carbocycles. The summed E-state index contributed by atoms with van der Waals surface area (Å²) in [6.07, 6.45) is 18.6. The maximum atomic E-state index is 12.1. The van der Waals surface area contributed by atoms with Crippen LogP contribution in [-0.2, 0) is 23.7 Å². The van der Waals surface area contributed by atoms with Gasteiger partial charge >= 0.3 is 5.97 Å². The molecule has 4 N–H and O–H groups in total. The number of epoxide rings is 3. The smallest absolute Gasteiger partial charge is 0.334 e. The maximum absolute atomic E-state index is 12.1. The number of rotatable bonds is 6. The summed E-state index contributed by atoms with van der Waals surface area (Å²) in [6.45, 7) is 15.8. The van der Waals surface area contributed by atoms with Crippen molar-refractivity contribution >= 4 is 5.97 Å². The van der Waals surface area contributed by atoms with Gasteiger partial charge in [0.1, 0.15) is 36.1 Å². The van der Waals surface area contributed by atoms with Crippen LogP contribution in [0.15, 0.2) is 58.7 Å².